The lowest BCUT2D eigenvalue weighted by Gasteiger charge is -2.09. The van der Waals surface area contributed by atoms with Crippen LogP contribution in [0.2, 0.25) is 5.02 Å². The summed E-state index contributed by atoms with van der Waals surface area (Å²) in [4.78, 5) is 0. The first-order chi connectivity index (χ1) is 8.20. The zero-order valence-corrected chi connectivity index (χ0v) is 9.94. The Bertz CT molecular complexity index is 513. The van der Waals surface area contributed by atoms with E-state index in [1.165, 1.54) is 0 Å². The minimum Gasteiger partial charge on any atom is -0.482 e. The summed E-state index contributed by atoms with van der Waals surface area (Å²) in [5.41, 5.74) is 0.619. The molecule has 1 heterocycles. The molecule has 0 aliphatic rings. The van der Waals surface area contributed by atoms with Crippen LogP contribution in [0.15, 0.2) is 22.6 Å². The number of aliphatic hydroxyl groups excluding tert-OH is 1. The summed E-state index contributed by atoms with van der Waals surface area (Å²) in [7, 11) is 0. The van der Waals surface area contributed by atoms with Gasteiger partial charge >= 0.3 is 0 Å². The lowest BCUT2D eigenvalue weighted by atomic mass is 10.2. The summed E-state index contributed by atoms with van der Waals surface area (Å²) >= 11 is 5.98. The van der Waals surface area contributed by atoms with Gasteiger partial charge in [0.05, 0.1) is 11.6 Å². The fourth-order valence-corrected chi connectivity index (χ4v) is 1.62. The highest BCUT2D eigenvalue weighted by atomic mass is 35.5. The lowest BCUT2D eigenvalue weighted by molar-refractivity contribution is 0.240. The highest BCUT2D eigenvalue weighted by Crippen LogP contribution is 2.29. The number of aromatic nitrogens is 2. The molecule has 17 heavy (non-hydrogen) atoms. The molecule has 0 spiro atoms. The first kappa shape index (κ1) is 11.9. The zero-order valence-electron chi connectivity index (χ0n) is 9.18. The second kappa shape index (κ2) is 5.16. The molecule has 6 heteroatoms. The monoisotopic (exact) mass is 254 g/mol. The van der Waals surface area contributed by atoms with Gasteiger partial charge in [-0.15, -0.1) is 10.2 Å². The van der Waals surface area contributed by atoms with Crippen LogP contribution in [0.3, 0.4) is 0 Å². The van der Waals surface area contributed by atoms with Gasteiger partial charge in [0, 0.05) is 12.5 Å². The van der Waals surface area contributed by atoms with Gasteiger partial charge in [0.15, 0.2) is 6.61 Å². The van der Waals surface area contributed by atoms with Crippen LogP contribution in [-0.2, 0) is 13.2 Å². The van der Waals surface area contributed by atoms with E-state index >= 15 is 0 Å². The third kappa shape index (κ3) is 2.75. The Hall–Kier alpha value is -1.59. The maximum atomic E-state index is 9.15. The third-order valence-electron chi connectivity index (χ3n) is 2.13. The number of hydrogen-bond donors (Lipinski definition) is 1. The van der Waals surface area contributed by atoms with E-state index in [4.69, 9.17) is 25.9 Å². The fraction of sp³-hybridized carbons (Fsp3) is 0.273. The molecule has 0 saturated carbocycles. The smallest absolute Gasteiger partial charge is 0.253 e. The molecule has 1 N–H and O–H groups in total. The molecule has 1 aromatic carbocycles. The number of hydrogen-bond acceptors (Lipinski definition) is 5. The second-order valence-corrected chi connectivity index (χ2v) is 3.80. The van der Waals surface area contributed by atoms with E-state index < -0.39 is 0 Å². The molecule has 2 rings (SSSR count). The van der Waals surface area contributed by atoms with Gasteiger partial charge in [0.25, 0.3) is 5.89 Å². The standard InChI is InChI=1S/C11H11ClN2O3/c1-7-13-14-10(17-7)6-16-11-8(5-15)3-2-4-9(11)12/h2-4,15H,5-6H2,1H3. The average Bonchev–Trinajstić information content (AvgIpc) is 2.73. The largest absolute Gasteiger partial charge is 0.482 e. The van der Waals surface area contributed by atoms with Crippen molar-refractivity contribution in [2.45, 2.75) is 20.1 Å². The molecule has 2 aromatic rings. The second-order valence-electron chi connectivity index (χ2n) is 3.39. The number of halogens is 1. The van der Waals surface area contributed by atoms with Crippen LogP contribution in [0, 0.1) is 6.92 Å². The number of rotatable bonds is 4. The molecular formula is C11H11ClN2O3. The van der Waals surface area contributed by atoms with E-state index in [2.05, 4.69) is 10.2 Å². The van der Waals surface area contributed by atoms with Crippen molar-refractivity contribution in [2.24, 2.45) is 0 Å². The Balaban J connectivity index is 2.13. The molecule has 0 bridgehead atoms. The van der Waals surface area contributed by atoms with Crippen molar-refractivity contribution in [3.8, 4) is 5.75 Å². The minimum absolute atomic E-state index is 0.123. The fourth-order valence-electron chi connectivity index (χ4n) is 1.37. The third-order valence-corrected chi connectivity index (χ3v) is 2.42. The Kier molecular flexibility index (Phi) is 3.61. The van der Waals surface area contributed by atoms with Crippen LogP contribution < -0.4 is 4.74 Å². The minimum atomic E-state index is -0.140. The molecule has 0 unspecified atom stereocenters. The summed E-state index contributed by atoms with van der Waals surface area (Å²) in [5.74, 6) is 1.28. The SMILES string of the molecule is Cc1nnc(COc2c(Cl)cccc2CO)o1. The Morgan fingerprint density at radius 2 is 2.24 bits per heavy atom. The summed E-state index contributed by atoms with van der Waals surface area (Å²) < 4.78 is 10.6. The van der Waals surface area contributed by atoms with Crippen molar-refractivity contribution < 1.29 is 14.3 Å². The van der Waals surface area contributed by atoms with Gasteiger partial charge in [-0.05, 0) is 6.07 Å². The van der Waals surface area contributed by atoms with Gasteiger partial charge < -0.3 is 14.3 Å². The Morgan fingerprint density at radius 3 is 2.88 bits per heavy atom. The highest BCUT2D eigenvalue weighted by Gasteiger charge is 2.10. The van der Waals surface area contributed by atoms with E-state index in [0.717, 1.165) is 0 Å². The predicted molar refractivity (Wildman–Crippen MR) is 60.7 cm³/mol. The molecule has 0 radical (unpaired) electrons. The van der Waals surface area contributed by atoms with Crippen molar-refractivity contribution in [1.82, 2.24) is 10.2 Å². The lowest BCUT2D eigenvalue weighted by Crippen LogP contribution is -1.99. The molecule has 0 atom stereocenters. The molecule has 1 aromatic heterocycles. The van der Waals surface area contributed by atoms with E-state index in [9.17, 15) is 0 Å². The molecule has 0 saturated heterocycles. The van der Waals surface area contributed by atoms with Crippen LogP contribution >= 0.6 is 11.6 Å². The number of benzene rings is 1. The van der Waals surface area contributed by atoms with Crippen molar-refractivity contribution in [2.75, 3.05) is 0 Å². The van der Waals surface area contributed by atoms with Crippen LogP contribution in [-0.4, -0.2) is 15.3 Å². The Morgan fingerprint density at radius 1 is 1.41 bits per heavy atom. The Labute approximate surface area is 103 Å². The first-order valence-corrected chi connectivity index (χ1v) is 5.38. The molecule has 90 valence electrons. The van der Waals surface area contributed by atoms with Crippen LogP contribution in [0.4, 0.5) is 0 Å². The van der Waals surface area contributed by atoms with Crippen molar-refractivity contribution in [3.63, 3.8) is 0 Å². The summed E-state index contributed by atoms with van der Waals surface area (Å²) in [6.45, 7) is 1.68. The summed E-state index contributed by atoms with van der Waals surface area (Å²) in [5, 5.41) is 17.1. The number of aliphatic hydroxyl groups is 1. The van der Waals surface area contributed by atoms with Crippen LogP contribution in [0.1, 0.15) is 17.3 Å². The molecule has 0 fully saturated rings. The van der Waals surface area contributed by atoms with E-state index in [0.29, 0.717) is 28.1 Å². The van der Waals surface area contributed by atoms with Gasteiger partial charge in [-0.25, -0.2) is 0 Å². The molecular weight excluding hydrogens is 244 g/mol. The van der Waals surface area contributed by atoms with Crippen molar-refractivity contribution >= 4 is 11.6 Å². The van der Waals surface area contributed by atoms with Crippen molar-refractivity contribution in [1.29, 1.82) is 0 Å². The van der Waals surface area contributed by atoms with Gasteiger partial charge in [-0.3, -0.25) is 0 Å². The van der Waals surface area contributed by atoms with Crippen LogP contribution in [0.25, 0.3) is 0 Å². The van der Waals surface area contributed by atoms with Gasteiger partial charge in [0.2, 0.25) is 5.89 Å². The number of ether oxygens (including phenoxy) is 1. The maximum Gasteiger partial charge on any atom is 0.253 e. The van der Waals surface area contributed by atoms with Crippen LogP contribution in [0.5, 0.6) is 5.75 Å². The first-order valence-electron chi connectivity index (χ1n) is 5.00. The molecule has 0 aliphatic heterocycles. The van der Waals surface area contributed by atoms with E-state index in [1.807, 2.05) is 0 Å². The topological polar surface area (TPSA) is 68.4 Å². The summed E-state index contributed by atoms with van der Waals surface area (Å²) in [6, 6.07) is 5.17. The van der Waals surface area contributed by atoms with Crippen molar-refractivity contribution in [3.05, 3.63) is 40.6 Å². The number of para-hydroxylation sites is 1. The predicted octanol–water partition coefficient (Wildman–Crippen LogP) is 2.10. The summed E-state index contributed by atoms with van der Waals surface area (Å²) in [6.07, 6.45) is 0. The maximum absolute atomic E-state index is 9.15. The quantitative estimate of drug-likeness (QED) is 0.905. The van der Waals surface area contributed by atoms with Gasteiger partial charge in [0.1, 0.15) is 5.75 Å². The average molecular weight is 255 g/mol. The zero-order chi connectivity index (χ0) is 12.3. The highest BCUT2D eigenvalue weighted by molar-refractivity contribution is 6.32. The molecule has 0 aliphatic carbocycles. The molecule has 0 amide bonds. The normalized spacial score (nSPS) is 10.5. The van der Waals surface area contributed by atoms with Gasteiger partial charge in [-0.1, -0.05) is 23.7 Å². The van der Waals surface area contributed by atoms with E-state index in [1.54, 1.807) is 25.1 Å². The molecule has 5 nitrogen and oxygen atoms in total. The number of aryl methyl sites for hydroxylation is 1. The van der Waals surface area contributed by atoms with E-state index in [-0.39, 0.29) is 13.2 Å². The van der Waals surface area contributed by atoms with Gasteiger partial charge in [-0.2, -0.15) is 0 Å². The number of nitrogens with zero attached hydrogens (tertiary/aromatic N) is 2.